The summed E-state index contributed by atoms with van der Waals surface area (Å²) in [7, 11) is 0. The Morgan fingerprint density at radius 2 is 1.93 bits per heavy atom. The van der Waals surface area contributed by atoms with Crippen molar-refractivity contribution in [1.82, 2.24) is 0 Å². The highest BCUT2D eigenvalue weighted by atomic mass is 16.6. The van der Waals surface area contributed by atoms with Crippen molar-refractivity contribution in [2.24, 2.45) is 23.2 Å². The van der Waals surface area contributed by atoms with Crippen LogP contribution in [0.5, 0.6) is 0 Å². The van der Waals surface area contributed by atoms with Gasteiger partial charge in [0.15, 0.2) is 0 Å². The number of carbonyl (C=O) groups excluding carboxylic acids is 3. The lowest BCUT2D eigenvalue weighted by atomic mass is 9.53. The Kier molecular flexibility index (Phi) is 10.4. The molecule has 0 aromatic heterocycles. The maximum atomic E-state index is 13.3. The average Bonchev–Trinajstić information content (AvgIpc) is 3.16. The van der Waals surface area contributed by atoms with E-state index >= 15 is 0 Å². The summed E-state index contributed by atoms with van der Waals surface area (Å²) in [6.45, 7) is 12.9. The van der Waals surface area contributed by atoms with Gasteiger partial charge in [0.1, 0.15) is 17.5 Å². The highest BCUT2D eigenvalue weighted by molar-refractivity contribution is 5.94. The van der Waals surface area contributed by atoms with Crippen molar-refractivity contribution in [3.63, 3.8) is 0 Å². The van der Waals surface area contributed by atoms with E-state index in [2.05, 4.69) is 13.8 Å². The lowest BCUT2D eigenvalue weighted by Gasteiger charge is -2.56. The molecule has 1 fully saturated rings. The Labute approximate surface area is 238 Å². The van der Waals surface area contributed by atoms with Gasteiger partial charge in [-0.05, 0) is 64.0 Å². The lowest BCUT2D eigenvalue weighted by molar-refractivity contribution is -0.202. The maximum absolute atomic E-state index is 13.3. The molecule has 1 saturated carbocycles. The lowest BCUT2D eigenvalue weighted by Crippen LogP contribution is -2.62. The predicted octanol–water partition coefficient (Wildman–Crippen LogP) is 5.32. The number of aliphatic hydroxyl groups excluding tert-OH is 1. The van der Waals surface area contributed by atoms with Gasteiger partial charge in [-0.25, -0.2) is 4.79 Å². The van der Waals surface area contributed by atoms with Crippen molar-refractivity contribution in [1.29, 1.82) is 0 Å². The number of hydrogen-bond acceptors (Lipinski definition) is 8. The summed E-state index contributed by atoms with van der Waals surface area (Å²) in [6, 6.07) is 0. The molecule has 224 valence electrons. The van der Waals surface area contributed by atoms with E-state index in [4.69, 9.17) is 14.2 Å². The summed E-state index contributed by atoms with van der Waals surface area (Å²) in [5, 5.41) is 23.1. The van der Waals surface area contributed by atoms with E-state index in [1.165, 1.54) is 6.92 Å². The van der Waals surface area contributed by atoms with Crippen LogP contribution in [0, 0.1) is 23.2 Å². The molecular formula is C32H48O8. The number of fused-ring (bicyclic) bond motifs is 2. The van der Waals surface area contributed by atoms with Gasteiger partial charge in [0.05, 0.1) is 18.6 Å². The monoisotopic (exact) mass is 560 g/mol. The minimum Gasteiger partial charge on any atom is -0.465 e. The number of ether oxygens (including phenoxy) is 3. The summed E-state index contributed by atoms with van der Waals surface area (Å²) in [5.41, 5.74) is -0.215. The Hall–Kier alpha value is -2.45. The quantitative estimate of drug-likeness (QED) is 0.142. The van der Waals surface area contributed by atoms with Crippen LogP contribution in [0.3, 0.4) is 0 Å². The fourth-order valence-electron chi connectivity index (χ4n) is 6.39. The van der Waals surface area contributed by atoms with Crippen molar-refractivity contribution in [2.75, 3.05) is 6.61 Å². The molecule has 1 aliphatic heterocycles. The molecule has 0 bridgehead atoms. The topological polar surface area (TPSA) is 119 Å². The van der Waals surface area contributed by atoms with Crippen molar-refractivity contribution < 1.29 is 38.8 Å². The molecule has 8 heteroatoms. The van der Waals surface area contributed by atoms with Crippen LogP contribution in [0.1, 0.15) is 99.8 Å². The number of esters is 3. The van der Waals surface area contributed by atoms with Crippen molar-refractivity contribution in [2.45, 2.75) is 118 Å². The number of allylic oxidation sites excluding steroid dienone is 1. The van der Waals surface area contributed by atoms with E-state index in [0.717, 1.165) is 44.1 Å². The molecular weight excluding hydrogens is 512 g/mol. The standard InChI is InChI=1S/C32H48O8/c1-8-9-10-11-12-24(18-38-23(6)33)15-19(2)28(34)22(5)30(36)40-27-14-13-20(3)31(7)16-25-21(4)29(35)39-26(25)17-32(27,31)37/h15,17,20,22,24,27-28,34,37H,8-14,16,18H2,1-7H3/b19-15+/t20-,22+,24?,27+,28+,31+,32-/m0/s1. The molecule has 1 unspecified atom stereocenters. The fraction of sp³-hybridized carbons (Fsp3) is 0.719. The van der Waals surface area contributed by atoms with E-state index in [1.54, 1.807) is 26.8 Å². The third-order valence-electron chi connectivity index (χ3n) is 9.51. The second-order valence-electron chi connectivity index (χ2n) is 12.4. The molecule has 8 nitrogen and oxygen atoms in total. The number of rotatable bonds is 12. The number of hydrogen-bond donors (Lipinski definition) is 2. The van der Waals surface area contributed by atoms with Crippen LogP contribution < -0.4 is 0 Å². The number of unbranched alkanes of at least 4 members (excludes halogenated alkanes) is 3. The zero-order valence-corrected chi connectivity index (χ0v) is 25.2. The molecule has 40 heavy (non-hydrogen) atoms. The first-order valence-corrected chi connectivity index (χ1v) is 14.8. The van der Waals surface area contributed by atoms with E-state index in [0.29, 0.717) is 29.7 Å². The van der Waals surface area contributed by atoms with Crippen molar-refractivity contribution >= 4 is 17.9 Å². The molecule has 0 amide bonds. The summed E-state index contributed by atoms with van der Waals surface area (Å²) in [6.07, 6.45) is 8.31. The maximum Gasteiger partial charge on any atom is 0.339 e. The van der Waals surface area contributed by atoms with Crippen molar-refractivity contribution in [3.8, 4) is 0 Å². The molecule has 0 radical (unpaired) electrons. The predicted molar refractivity (Wildman–Crippen MR) is 151 cm³/mol. The van der Waals surface area contributed by atoms with E-state index < -0.39 is 41.1 Å². The smallest absolute Gasteiger partial charge is 0.339 e. The van der Waals surface area contributed by atoms with Crippen LogP contribution in [0.4, 0.5) is 0 Å². The van der Waals surface area contributed by atoms with Crippen LogP contribution in [-0.2, 0) is 28.6 Å². The van der Waals surface area contributed by atoms with Crippen molar-refractivity contribution in [3.05, 3.63) is 34.6 Å². The third kappa shape index (κ3) is 6.54. The Morgan fingerprint density at radius 1 is 1.23 bits per heavy atom. The minimum atomic E-state index is -1.52. The molecule has 0 spiro atoms. The molecule has 3 rings (SSSR count). The first kappa shape index (κ1) is 32.1. The Balaban J connectivity index is 1.75. The summed E-state index contributed by atoms with van der Waals surface area (Å²) < 4.78 is 16.6. The summed E-state index contributed by atoms with van der Waals surface area (Å²) >= 11 is 0. The van der Waals surface area contributed by atoms with Crippen LogP contribution >= 0.6 is 0 Å². The molecule has 0 saturated heterocycles. The highest BCUT2D eigenvalue weighted by Crippen LogP contribution is 2.58. The zero-order valence-electron chi connectivity index (χ0n) is 25.2. The van der Waals surface area contributed by atoms with Gasteiger partial charge in [-0.2, -0.15) is 0 Å². The molecule has 1 heterocycles. The molecule has 2 aliphatic carbocycles. The van der Waals surface area contributed by atoms with Crippen LogP contribution in [0.2, 0.25) is 0 Å². The summed E-state index contributed by atoms with van der Waals surface area (Å²) in [4.78, 5) is 36.9. The van der Waals surface area contributed by atoms with Crippen LogP contribution in [0.15, 0.2) is 34.6 Å². The second-order valence-corrected chi connectivity index (χ2v) is 12.4. The second kappa shape index (κ2) is 13.0. The molecule has 7 atom stereocenters. The molecule has 3 aliphatic rings. The number of carbonyl (C=O) groups is 3. The molecule has 0 aromatic carbocycles. The van der Waals surface area contributed by atoms with E-state index in [-0.39, 0.29) is 24.4 Å². The van der Waals surface area contributed by atoms with E-state index in [1.807, 2.05) is 13.0 Å². The SMILES string of the molecule is CCCCCCC(/C=C(\C)[C@@H](O)[C@@H](C)C(=O)O[C@@H]1CC[C@H](C)[C@@]2(C)CC3=C(C)C(=O)OC3=C[C@]12O)COC(C)=O. The van der Waals surface area contributed by atoms with Gasteiger partial charge < -0.3 is 24.4 Å². The summed E-state index contributed by atoms with van der Waals surface area (Å²) in [5.74, 6) is -1.84. The van der Waals surface area contributed by atoms with Crippen LogP contribution in [0.25, 0.3) is 0 Å². The van der Waals surface area contributed by atoms with Gasteiger partial charge in [0, 0.05) is 29.4 Å². The molecule has 2 N–H and O–H groups in total. The number of aliphatic hydroxyl groups is 2. The van der Waals surface area contributed by atoms with E-state index in [9.17, 15) is 24.6 Å². The Bertz CT molecular complexity index is 1070. The van der Waals surface area contributed by atoms with Crippen LogP contribution in [-0.4, -0.2) is 52.5 Å². The first-order chi connectivity index (χ1) is 18.7. The fourth-order valence-corrected chi connectivity index (χ4v) is 6.39. The van der Waals surface area contributed by atoms with Gasteiger partial charge in [-0.1, -0.05) is 52.5 Å². The first-order valence-electron chi connectivity index (χ1n) is 14.8. The minimum absolute atomic E-state index is 0.0615. The highest BCUT2D eigenvalue weighted by Gasteiger charge is 2.61. The van der Waals surface area contributed by atoms with Gasteiger partial charge in [0.2, 0.25) is 0 Å². The van der Waals surface area contributed by atoms with Gasteiger partial charge in [-0.3, -0.25) is 9.59 Å². The largest absolute Gasteiger partial charge is 0.465 e. The van der Waals surface area contributed by atoms with Gasteiger partial charge >= 0.3 is 17.9 Å². The molecule has 0 aromatic rings. The Morgan fingerprint density at radius 3 is 2.58 bits per heavy atom. The van der Waals surface area contributed by atoms with Gasteiger partial charge in [-0.15, -0.1) is 0 Å². The third-order valence-corrected chi connectivity index (χ3v) is 9.51. The average molecular weight is 561 g/mol. The van der Waals surface area contributed by atoms with Gasteiger partial charge in [0.25, 0.3) is 0 Å². The zero-order chi connectivity index (χ0) is 29.8. The normalized spacial score (nSPS) is 30.5.